The molecule has 0 heterocycles. The average Bonchev–Trinajstić information content (AvgIpc) is 2.56. The Hall–Kier alpha value is -1.06. The van der Waals surface area contributed by atoms with Gasteiger partial charge in [-0.25, -0.2) is 0 Å². The predicted octanol–water partition coefficient (Wildman–Crippen LogP) is 4.22. The third-order valence-electron chi connectivity index (χ3n) is 5.55. The fourth-order valence-electron chi connectivity index (χ4n) is 3.94. The van der Waals surface area contributed by atoms with Crippen molar-refractivity contribution in [2.24, 2.45) is 17.6 Å². The number of hydrogen-bond donors (Lipinski definition) is 2. The van der Waals surface area contributed by atoms with Crippen molar-refractivity contribution in [2.75, 3.05) is 19.8 Å². The molecule has 1 atom stereocenters. The quantitative estimate of drug-likeness (QED) is 0.819. The van der Waals surface area contributed by atoms with Crippen LogP contribution in [0.3, 0.4) is 0 Å². The summed E-state index contributed by atoms with van der Waals surface area (Å²) >= 11 is 0. The summed E-state index contributed by atoms with van der Waals surface area (Å²) in [5.74, 6) is 2.40. The summed E-state index contributed by atoms with van der Waals surface area (Å²) in [7, 11) is 0. The molecule has 1 aliphatic carbocycles. The lowest BCUT2D eigenvalue weighted by Crippen LogP contribution is -2.27. The Kier molecular flexibility index (Phi) is 6.70. The minimum absolute atomic E-state index is 0.118. The highest BCUT2D eigenvalue weighted by molar-refractivity contribution is 5.42. The molecule has 0 aliphatic heterocycles. The lowest BCUT2D eigenvalue weighted by molar-refractivity contribution is 0.157. The first-order valence-electron chi connectivity index (χ1n) is 9.48. The molecule has 1 fully saturated rings. The predicted molar refractivity (Wildman–Crippen MR) is 101 cm³/mol. The number of hydrogen-bond acceptors (Lipinski definition) is 3. The molecule has 3 N–H and O–H groups in total. The van der Waals surface area contributed by atoms with Crippen LogP contribution in [0.1, 0.15) is 70.4 Å². The number of nitrogens with two attached hydrogens (primary N) is 1. The molecule has 0 aromatic heterocycles. The Morgan fingerprint density at radius 3 is 2.38 bits per heavy atom. The molecule has 0 amide bonds. The summed E-state index contributed by atoms with van der Waals surface area (Å²) in [4.78, 5) is 0. The van der Waals surface area contributed by atoms with E-state index in [0.29, 0.717) is 37.5 Å². The minimum atomic E-state index is 0.118. The van der Waals surface area contributed by atoms with Crippen LogP contribution in [0.2, 0.25) is 0 Å². The van der Waals surface area contributed by atoms with Gasteiger partial charge in [0.05, 0.1) is 6.61 Å². The van der Waals surface area contributed by atoms with Crippen LogP contribution in [-0.4, -0.2) is 24.9 Å². The molecular formula is C21H35NO2. The van der Waals surface area contributed by atoms with Gasteiger partial charge in [0.15, 0.2) is 0 Å². The third kappa shape index (κ3) is 4.52. The van der Waals surface area contributed by atoms with E-state index >= 15 is 0 Å². The van der Waals surface area contributed by atoms with E-state index in [1.54, 1.807) is 0 Å². The lowest BCUT2D eigenvalue weighted by Gasteiger charge is -2.34. The van der Waals surface area contributed by atoms with Gasteiger partial charge in [-0.05, 0) is 73.6 Å². The highest BCUT2D eigenvalue weighted by atomic mass is 16.5. The maximum atomic E-state index is 9.39. The van der Waals surface area contributed by atoms with Crippen molar-refractivity contribution in [3.05, 3.63) is 29.3 Å². The van der Waals surface area contributed by atoms with Gasteiger partial charge in [0.25, 0.3) is 0 Å². The molecule has 24 heavy (non-hydrogen) atoms. The number of aliphatic hydroxyl groups excluding tert-OH is 1. The van der Waals surface area contributed by atoms with Crippen molar-refractivity contribution in [3.63, 3.8) is 0 Å². The number of benzene rings is 1. The second kappa shape index (κ2) is 8.35. The summed E-state index contributed by atoms with van der Waals surface area (Å²) in [5.41, 5.74) is 8.95. The highest BCUT2D eigenvalue weighted by Gasteiger charge is 2.30. The summed E-state index contributed by atoms with van der Waals surface area (Å²) in [6.07, 6.45) is 4.53. The van der Waals surface area contributed by atoms with Crippen molar-refractivity contribution in [2.45, 2.75) is 64.7 Å². The zero-order valence-electron chi connectivity index (χ0n) is 15.8. The molecule has 136 valence electrons. The van der Waals surface area contributed by atoms with Gasteiger partial charge in [-0.1, -0.05) is 32.9 Å². The monoisotopic (exact) mass is 333 g/mol. The van der Waals surface area contributed by atoms with Gasteiger partial charge in [0.1, 0.15) is 5.75 Å². The van der Waals surface area contributed by atoms with E-state index in [9.17, 15) is 5.11 Å². The Morgan fingerprint density at radius 1 is 1.21 bits per heavy atom. The summed E-state index contributed by atoms with van der Waals surface area (Å²) in [5, 5.41) is 9.39. The van der Waals surface area contributed by atoms with E-state index in [2.05, 4.69) is 39.0 Å². The van der Waals surface area contributed by atoms with E-state index in [4.69, 9.17) is 10.5 Å². The van der Waals surface area contributed by atoms with Crippen LogP contribution in [-0.2, 0) is 5.41 Å². The molecule has 3 nitrogen and oxygen atoms in total. The van der Waals surface area contributed by atoms with Crippen LogP contribution in [0.4, 0.5) is 0 Å². The summed E-state index contributed by atoms with van der Waals surface area (Å²) in [6.45, 7) is 10.4. The first kappa shape index (κ1) is 19.3. The molecule has 3 heteroatoms. The minimum Gasteiger partial charge on any atom is -0.494 e. The van der Waals surface area contributed by atoms with Gasteiger partial charge in [-0.2, -0.15) is 0 Å². The zero-order valence-corrected chi connectivity index (χ0v) is 15.8. The fraction of sp³-hybridized carbons (Fsp3) is 0.714. The Morgan fingerprint density at radius 2 is 1.88 bits per heavy atom. The van der Waals surface area contributed by atoms with Gasteiger partial charge in [-0.3, -0.25) is 0 Å². The van der Waals surface area contributed by atoms with Crippen LogP contribution in [0.5, 0.6) is 5.75 Å². The second-order valence-electron chi connectivity index (χ2n) is 8.24. The molecule has 0 radical (unpaired) electrons. The normalized spacial score (nSPS) is 23.1. The molecular weight excluding hydrogens is 298 g/mol. The Bertz CT molecular complexity index is 513. The van der Waals surface area contributed by atoms with E-state index in [1.165, 1.54) is 11.1 Å². The topological polar surface area (TPSA) is 55.5 Å². The van der Waals surface area contributed by atoms with Crippen molar-refractivity contribution in [1.29, 1.82) is 0 Å². The second-order valence-corrected chi connectivity index (χ2v) is 8.24. The average molecular weight is 334 g/mol. The molecule has 0 saturated heterocycles. The summed E-state index contributed by atoms with van der Waals surface area (Å²) in [6, 6.07) is 6.63. The number of aliphatic hydroxyl groups is 1. The van der Waals surface area contributed by atoms with Crippen LogP contribution in [0.15, 0.2) is 18.2 Å². The van der Waals surface area contributed by atoms with Crippen molar-refractivity contribution >= 4 is 0 Å². The lowest BCUT2D eigenvalue weighted by atomic mass is 9.72. The van der Waals surface area contributed by atoms with Gasteiger partial charge in [0, 0.05) is 12.5 Å². The molecule has 1 aromatic carbocycles. The van der Waals surface area contributed by atoms with Crippen LogP contribution >= 0.6 is 0 Å². The standard InChI is InChI=1S/C21H35NO2/c1-5-24-20-11-10-17(21(2,3)4)12-18(20)19(13-22)16-8-6-15(14-23)7-9-16/h10-12,15-16,19,23H,5-9,13-14,22H2,1-4H3. The first-order valence-corrected chi connectivity index (χ1v) is 9.48. The maximum absolute atomic E-state index is 9.39. The van der Waals surface area contributed by atoms with E-state index < -0.39 is 0 Å². The van der Waals surface area contributed by atoms with Crippen molar-refractivity contribution < 1.29 is 9.84 Å². The zero-order chi connectivity index (χ0) is 17.7. The molecule has 1 unspecified atom stereocenters. The maximum Gasteiger partial charge on any atom is 0.122 e. The molecule has 0 bridgehead atoms. The van der Waals surface area contributed by atoms with Gasteiger partial charge in [-0.15, -0.1) is 0 Å². The SMILES string of the molecule is CCOc1ccc(C(C)(C)C)cc1C(CN)C1CCC(CO)CC1. The van der Waals surface area contributed by atoms with Crippen LogP contribution < -0.4 is 10.5 Å². The molecule has 1 saturated carbocycles. The van der Waals surface area contributed by atoms with Gasteiger partial charge >= 0.3 is 0 Å². The van der Waals surface area contributed by atoms with E-state index in [-0.39, 0.29) is 5.41 Å². The van der Waals surface area contributed by atoms with E-state index in [0.717, 1.165) is 31.4 Å². The van der Waals surface area contributed by atoms with Crippen LogP contribution in [0.25, 0.3) is 0 Å². The Labute approximate surface area is 147 Å². The highest BCUT2D eigenvalue weighted by Crippen LogP contribution is 2.42. The molecule has 0 spiro atoms. The van der Waals surface area contributed by atoms with Crippen molar-refractivity contribution in [3.8, 4) is 5.75 Å². The van der Waals surface area contributed by atoms with E-state index in [1.807, 2.05) is 6.92 Å². The molecule has 2 rings (SSSR count). The van der Waals surface area contributed by atoms with Gasteiger partial charge in [0.2, 0.25) is 0 Å². The molecule has 1 aromatic rings. The third-order valence-corrected chi connectivity index (χ3v) is 5.55. The largest absolute Gasteiger partial charge is 0.494 e. The van der Waals surface area contributed by atoms with Crippen LogP contribution in [0, 0.1) is 11.8 Å². The smallest absolute Gasteiger partial charge is 0.122 e. The fourth-order valence-corrected chi connectivity index (χ4v) is 3.94. The molecule has 1 aliphatic rings. The first-order chi connectivity index (χ1) is 11.4. The number of ether oxygens (including phenoxy) is 1. The van der Waals surface area contributed by atoms with Gasteiger partial charge < -0.3 is 15.6 Å². The number of rotatable bonds is 6. The Balaban J connectivity index is 2.31. The summed E-state index contributed by atoms with van der Waals surface area (Å²) < 4.78 is 5.93. The van der Waals surface area contributed by atoms with Crippen molar-refractivity contribution in [1.82, 2.24) is 0 Å².